The molecule has 0 radical (unpaired) electrons. The first-order valence-corrected chi connectivity index (χ1v) is 13.7. The molecule has 180 valence electrons. The van der Waals surface area contributed by atoms with E-state index in [1.165, 1.54) is 57.8 Å². The van der Waals surface area contributed by atoms with Crippen LogP contribution in [0.3, 0.4) is 0 Å². The molecule has 4 aliphatic carbocycles. The van der Waals surface area contributed by atoms with Gasteiger partial charge in [0.2, 0.25) is 0 Å². The Morgan fingerprint density at radius 3 is 2.29 bits per heavy atom. The molecule has 1 heteroatoms. The van der Waals surface area contributed by atoms with Crippen LogP contribution >= 0.6 is 0 Å². The number of aliphatic hydroxyl groups is 1. The third kappa shape index (κ3) is 3.03. The lowest BCUT2D eigenvalue weighted by molar-refractivity contribution is -0.222. The van der Waals surface area contributed by atoms with Gasteiger partial charge in [0.05, 0.1) is 6.10 Å². The van der Waals surface area contributed by atoms with Crippen LogP contribution < -0.4 is 0 Å². The minimum atomic E-state index is -0.112. The molecule has 0 bridgehead atoms. The van der Waals surface area contributed by atoms with Crippen LogP contribution in [0.25, 0.3) is 0 Å². The van der Waals surface area contributed by atoms with Gasteiger partial charge in [-0.05, 0) is 96.2 Å². The van der Waals surface area contributed by atoms with Crippen LogP contribution in [0.2, 0.25) is 0 Å². The van der Waals surface area contributed by atoms with Crippen molar-refractivity contribution in [2.24, 2.45) is 44.8 Å². The Morgan fingerprint density at radius 1 is 0.903 bits per heavy atom. The van der Waals surface area contributed by atoms with E-state index in [2.05, 4.69) is 61.5 Å². The van der Waals surface area contributed by atoms with Crippen molar-refractivity contribution in [3.63, 3.8) is 0 Å². The molecular formula is C30H54O. The third-order valence-corrected chi connectivity index (χ3v) is 12.9. The van der Waals surface area contributed by atoms with E-state index in [4.69, 9.17) is 0 Å². The quantitative estimate of drug-likeness (QED) is 0.431. The minimum Gasteiger partial charge on any atom is -0.393 e. The summed E-state index contributed by atoms with van der Waals surface area (Å²) in [5.74, 6) is 2.58. The van der Waals surface area contributed by atoms with Gasteiger partial charge in [0.25, 0.3) is 0 Å². The van der Waals surface area contributed by atoms with Gasteiger partial charge in [-0.25, -0.2) is 0 Å². The van der Waals surface area contributed by atoms with Crippen LogP contribution in [0, 0.1) is 44.8 Å². The van der Waals surface area contributed by atoms with E-state index in [0.717, 1.165) is 30.6 Å². The van der Waals surface area contributed by atoms with Crippen molar-refractivity contribution in [1.82, 2.24) is 0 Å². The lowest BCUT2D eigenvalue weighted by atomic mass is 9.31. The standard InChI is InChI=1S/C30H52O.H2/c1-21(2)10-9-11-22(3)25-14-17-28(6)27(25,5)18-19-29(7)26(4)15-13-24(31)20-23(26)12-16-30(28,29)8;/h12,21-22,24-25,31H,9-11,13-20H2,1-8H3;1H/t22-,24+,25-,26+,27-,28-,29-,30+;/m1./s1/i;1+1. The normalized spacial score (nSPS) is 50.5. The summed E-state index contributed by atoms with van der Waals surface area (Å²) in [7, 11) is 0. The number of hydrogen-bond acceptors (Lipinski definition) is 1. The fourth-order valence-corrected chi connectivity index (χ4v) is 9.98. The molecule has 1 nitrogen and oxygen atoms in total. The highest BCUT2D eigenvalue weighted by molar-refractivity contribution is 5.33. The number of fused-ring (bicyclic) bond motifs is 5. The van der Waals surface area contributed by atoms with Crippen molar-refractivity contribution in [2.45, 2.75) is 132 Å². The molecule has 4 rings (SSSR count). The summed E-state index contributed by atoms with van der Waals surface area (Å²) in [6.07, 6.45) is 16.6. The second-order valence-electron chi connectivity index (χ2n) is 14.0. The Labute approximate surface area is 195 Å². The Bertz CT molecular complexity index is 728. The summed E-state index contributed by atoms with van der Waals surface area (Å²) in [4.78, 5) is 0. The molecule has 0 saturated heterocycles. The summed E-state index contributed by atoms with van der Waals surface area (Å²) in [5, 5.41) is 10.4. The van der Waals surface area contributed by atoms with Crippen LogP contribution in [0.15, 0.2) is 11.6 Å². The predicted molar refractivity (Wildman–Crippen MR) is 135 cm³/mol. The van der Waals surface area contributed by atoms with Crippen LogP contribution in [0.4, 0.5) is 0 Å². The molecule has 0 heterocycles. The SMILES string of the molecule is CC(C)CCC[C@@H](C)[C@H]1CC[C@@]2(C)[C@]3(C)CC=C4C[C@@H](O)CC[C@]4(C)[C@@]3(C)CC[C@]12C.[2HH]. The van der Waals surface area contributed by atoms with Gasteiger partial charge < -0.3 is 5.11 Å². The monoisotopic (exact) mass is 431 g/mol. The van der Waals surface area contributed by atoms with Crippen LogP contribution in [-0.4, -0.2) is 11.2 Å². The molecule has 8 atom stereocenters. The number of rotatable bonds is 5. The highest BCUT2D eigenvalue weighted by Crippen LogP contribution is 2.81. The van der Waals surface area contributed by atoms with E-state index in [9.17, 15) is 5.11 Å². The van der Waals surface area contributed by atoms with Crippen molar-refractivity contribution in [3.8, 4) is 0 Å². The number of aliphatic hydroxyl groups excluding tert-OH is 1. The average molecular weight is 432 g/mol. The average Bonchev–Trinajstić information content (AvgIpc) is 2.98. The molecule has 0 aromatic rings. The van der Waals surface area contributed by atoms with Crippen molar-refractivity contribution >= 4 is 0 Å². The van der Waals surface area contributed by atoms with Crippen LogP contribution in [-0.2, 0) is 0 Å². The number of allylic oxidation sites excluding steroid dienone is 1. The van der Waals surface area contributed by atoms with Gasteiger partial charge in [0.1, 0.15) is 0 Å². The summed E-state index contributed by atoms with van der Waals surface area (Å²) in [6.45, 7) is 20.7. The molecule has 31 heavy (non-hydrogen) atoms. The maximum absolute atomic E-state index is 10.4. The highest BCUT2D eigenvalue weighted by Gasteiger charge is 2.73. The molecule has 0 amide bonds. The fourth-order valence-electron chi connectivity index (χ4n) is 9.98. The topological polar surface area (TPSA) is 20.2 Å². The van der Waals surface area contributed by atoms with Gasteiger partial charge in [0.15, 0.2) is 0 Å². The molecule has 0 aromatic carbocycles. The first-order valence-electron chi connectivity index (χ1n) is 13.7. The van der Waals surface area contributed by atoms with Crippen LogP contribution in [0.5, 0.6) is 0 Å². The molecule has 4 aliphatic rings. The van der Waals surface area contributed by atoms with E-state index in [0.29, 0.717) is 21.7 Å². The first kappa shape index (κ1) is 23.8. The molecule has 1 N–H and O–H groups in total. The smallest absolute Gasteiger partial charge is 0.0577 e. The molecule has 0 aliphatic heterocycles. The zero-order chi connectivity index (χ0) is 22.9. The first-order chi connectivity index (χ1) is 14.3. The molecule has 3 fully saturated rings. The third-order valence-electron chi connectivity index (χ3n) is 12.9. The fraction of sp³-hybridized carbons (Fsp3) is 0.933. The highest BCUT2D eigenvalue weighted by atomic mass is 16.3. The van der Waals surface area contributed by atoms with Gasteiger partial charge in [-0.15, -0.1) is 0 Å². The Balaban J connectivity index is 0.00000289. The van der Waals surface area contributed by atoms with E-state index < -0.39 is 0 Å². The molecule has 3 saturated carbocycles. The largest absolute Gasteiger partial charge is 0.393 e. The summed E-state index contributed by atoms with van der Waals surface area (Å²) < 4.78 is 0. The molecular weight excluding hydrogens is 376 g/mol. The van der Waals surface area contributed by atoms with E-state index in [1.54, 1.807) is 5.57 Å². The van der Waals surface area contributed by atoms with E-state index >= 15 is 0 Å². The van der Waals surface area contributed by atoms with Crippen molar-refractivity contribution in [1.29, 1.82) is 0 Å². The van der Waals surface area contributed by atoms with Gasteiger partial charge in [-0.2, -0.15) is 0 Å². The van der Waals surface area contributed by atoms with E-state index in [1.807, 2.05) is 0 Å². The zero-order valence-electron chi connectivity index (χ0n) is 22.1. The van der Waals surface area contributed by atoms with Crippen molar-refractivity contribution < 1.29 is 6.53 Å². The summed E-state index contributed by atoms with van der Waals surface area (Å²) in [5.41, 5.74) is 3.42. The van der Waals surface area contributed by atoms with Gasteiger partial charge in [-0.1, -0.05) is 86.3 Å². The van der Waals surface area contributed by atoms with Gasteiger partial charge in [-0.3, -0.25) is 0 Å². The molecule has 0 aromatic heterocycles. The van der Waals surface area contributed by atoms with E-state index in [-0.39, 0.29) is 12.9 Å². The minimum absolute atomic E-state index is 0. The molecule has 0 unspecified atom stereocenters. The lowest BCUT2D eigenvalue weighted by Crippen LogP contribution is -2.66. The maximum atomic E-state index is 10.4. The predicted octanol–water partition coefficient (Wildman–Crippen LogP) is 8.81. The Kier molecular flexibility index (Phi) is 5.85. The van der Waals surface area contributed by atoms with Gasteiger partial charge in [0, 0.05) is 1.43 Å². The van der Waals surface area contributed by atoms with Crippen LogP contribution in [0.1, 0.15) is 127 Å². The van der Waals surface area contributed by atoms with Crippen molar-refractivity contribution in [3.05, 3.63) is 11.6 Å². The van der Waals surface area contributed by atoms with Crippen molar-refractivity contribution in [2.75, 3.05) is 0 Å². The Hall–Kier alpha value is -0.300. The number of hydrogen-bond donors (Lipinski definition) is 1. The maximum Gasteiger partial charge on any atom is 0.0577 e. The second kappa shape index (κ2) is 7.61. The molecule has 0 spiro atoms. The summed E-state index contributed by atoms with van der Waals surface area (Å²) >= 11 is 0. The summed E-state index contributed by atoms with van der Waals surface area (Å²) in [6, 6.07) is 0. The second-order valence-corrected chi connectivity index (χ2v) is 14.0. The lowest BCUT2D eigenvalue weighted by Gasteiger charge is -2.73. The van der Waals surface area contributed by atoms with Gasteiger partial charge >= 0.3 is 0 Å². The Morgan fingerprint density at radius 2 is 1.61 bits per heavy atom. The zero-order valence-corrected chi connectivity index (χ0v) is 22.1.